The number of carbonyl (C=O) groups excluding carboxylic acids is 3. The molecule has 0 unspecified atom stereocenters. The fourth-order valence-corrected chi connectivity index (χ4v) is 9.72. The number of nitrogens with zero attached hydrogens (tertiary/aromatic N) is 2. The van der Waals surface area contributed by atoms with Crippen LogP contribution in [-0.2, 0) is 62.3 Å². The molecule has 0 saturated heterocycles. The van der Waals surface area contributed by atoms with Crippen molar-refractivity contribution in [3.63, 3.8) is 0 Å². The van der Waals surface area contributed by atoms with Gasteiger partial charge < -0.3 is 29.1 Å². The number of carbonyl (C=O) groups is 4. The average molecular weight is 979 g/mol. The van der Waals surface area contributed by atoms with Crippen molar-refractivity contribution in [3.8, 4) is 33.8 Å². The van der Waals surface area contributed by atoms with Crippen molar-refractivity contribution in [2.45, 2.75) is 71.0 Å². The molecule has 6 aromatic rings. The van der Waals surface area contributed by atoms with E-state index < -0.39 is 34.0 Å². The van der Waals surface area contributed by atoms with Crippen molar-refractivity contribution < 1.29 is 64.8 Å². The molecule has 0 aliphatic carbocycles. The number of alkyl halides is 6. The lowest BCUT2D eigenvalue weighted by Gasteiger charge is -2.17. The van der Waals surface area contributed by atoms with Gasteiger partial charge >= 0.3 is 24.3 Å². The minimum atomic E-state index is -4.46. The lowest BCUT2D eigenvalue weighted by atomic mass is 10.1. The number of esters is 1. The molecule has 0 spiro atoms. The summed E-state index contributed by atoms with van der Waals surface area (Å²) in [6.45, 7) is 2.94. The van der Waals surface area contributed by atoms with Gasteiger partial charge in [0, 0.05) is 58.2 Å². The highest BCUT2D eigenvalue weighted by molar-refractivity contribution is 7.13. The molecule has 4 heterocycles. The molecule has 0 bridgehead atoms. The number of carboxylic acids is 1. The summed E-state index contributed by atoms with van der Waals surface area (Å²) in [5.41, 5.74) is 4.55. The van der Waals surface area contributed by atoms with Gasteiger partial charge in [0.15, 0.2) is 0 Å². The average Bonchev–Trinajstić information content (AvgIpc) is 4.14. The Balaban J connectivity index is 0.000000202. The van der Waals surface area contributed by atoms with Gasteiger partial charge in [-0.25, -0.2) is 0 Å². The van der Waals surface area contributed by atoms with Crippen molar-refractivity contribution >= 4 is 57.8 Å². The maximum Gasteiger partial charge on any atom is 0.426 e. The highest BCUT2D eigenvalue weighted by atomic mass is 32.1. The summed E-state index contributed by atoms with van der Waals surface area (Å²) >= 11 is 1.35. The molecule has 0 saturated carbocycles. The highest BCUT2D eigenvalue weighted by Gasteiger charge is 2.38. The minimum Gasteiger partial charge on any atom is -0.488 e. The Kier molecular flexibility index (Phi) is 15.6. The largest absolute Gasteiger partial charge is 0.488 e. The van der Waals surface area contributed by atoms with Gasteiger partial charge in [0.2, 0.25) is 11.8 Å². The van der Waals surface area contributed by atoms with E-state index in [-0.39, 0.29) is 68.4 Å². The molecule has 0 atom stereocenters. The van der Waals surface area contributed by atoms with Crippen molar-refractivity contribution in [2.24, 2.45) is 0 Å². The third-order valence-corrected chi connectivity index (χ3v) is 13.2. The van der Waals surface area contributed by atoms with Crippen LogP contribution in [0.5, 0.6) is 11.5 Å². The number of thiophene rings is 2. The summed E-state index contributed by atoms with van der Waals surface area (Å²) in [6.07, 6.45) is -7.88. The van der Waals surface area contributed by atoms with Gasteiger partial charge in [0.25, 0.3) is 0 Å². The van der Waals surface area contributed by atoms with E-state index in [4.69, 9.17) is 19.3 Å². The van der Waals surface area contributed by atoms with Crippen molar-refractivity contribution in [2.75, 3.05) is 29.5 Å². The van der Waals surface area contributed by atoms with Gasteiger partial charge in [-0.3, -0.25) is 19.2 Å². The second-order valence-corrected chi connectivity index (χ2v) is 17.9. The topological polar surface area (TPSA) is 123 Å². The van der Waals surface area contributed by atoms with Crippen LogP contribution in [0.15, 0.2) is 109 Å². The zero-order chi connectivity index (χ0) is 48.6. The highest BCUT2D eigenvalue weighted by Crippen LogP contribution is 2.45. The summed E-state index contributed by atoms with van der Waals surface area (Å²) in [6, 6.07) is 30.4. The molecule has 2 aliphatic rings. The fourth-order valence-electron chi connectivity index (χ4n) is 7.80. The lowest BCUT2D eigenvalue weighted by molar-refractivity contribution is -0.144. The van der Waals surface area contributed by atoms with Crippen molar-refractivity contribution in [1.29, 1.82) is 0 Å². The van der Waals surface area contributed by atoms with E-state index in [1.165, 1.54) is 12.1 Å². The first-order valence-corrected chi connectivity index (χ1v) is 23.1. The number of carboxylic acid groups (broad SMARTS) is 1. The smallest absolute Gasteiger partial charge is 0.426 e. The van der Waals surface area contributed by atoms with Crippen LogP contribution in [0.25, 0.3) is 22.3 Å². The third kappa shape index (κ3) is 12.3. The number of hydrogen-bond acceptors (Lipinski definition) is 9. The van der Waals surface area contributed by atoms with Gasteiger partial charge in [0.1, 0.15) is 34.5 Å². The Labute approximate surface area is 395 Å². The minimum absolute atomic E-state index is 0.00154. The van der Waals surface area contributed by atoms with Crippen LogP contribution in [0.2, 0.25) is 0 Å². The zero-order valence-electron chi connectivity index (χ0n) is 36.5. The summed E-state index contributed by atoms with van der Waals surface area (Å²) in [5, 5.41) is 8.77. The van der Waals surface area contributed by atoms with E-state index >= 15 is 0 Å². The van der Waals surface area contributed by atoms with Crippen LogP contribution in [0.3, 0.4) is 0 Å². The zero-order valence-corrected chi connectivity index (χ0v) is 38.1. The van der Waals surface area contributed by atoms with Gasteiger partial charge in [-0.05, 0) is 90.6 Å². The normalized spacial score (nSPS) is 13.0. The van der Waals surface area contributed by atoms with Gasteiger partial charge in [0.05, 0.1) is 19.4 Å². The predicted molar refractivity (Wildman–Crippen MR) is 246 cm³/mol. The standard InChI is InChI=1S/C26H24F3NO4S.C24H20F3NO4S/c1-2-33-24(32)11-10-23(31)30-13-12-18-14-19(8-9-22(18)30)34-16-20-15-21(17-6-4-3-5-7-17)25(35-20)26(27,28)29;25-24(26,27)23-19(15-4-2-1-3-5-15)13-18(33-23)14-32-17-6-7-20-16(12-17)10-11-28(20)21(29)8-9-22(30)31/h3-9,14-15H,2,10-13,16H2,1H3;1-7,12-13H,8-11,14H2,(H,30,31). The van der Waals surface area contributed by atoms with E-state index in [9.17, 15) is 45.5 Å². The molecule has 2 aliphatic heterocycles. The monoisotopic (exact) mass is 978 g/mol. The van der Waals surface area contributed by atoms with Crippen LogP contribution in [0.1, 0.15) is 63.2 Å². The number of benzene rings is 4. The van der Waals surface area contributed by atoms with Crippen LogP contribution in [-0.4, -0.2) is 48.6 Å². The molecule has 10 nitrogen and oxygen atoms in total. The molecule has 18 heteroatoms. The Bertz CT molecular complexity index is 2760. The van der Waals surface area contributed by atoms with Gasteiger partial charge in [-0.15, -0.1) is 22.7 Å². The first kappa shape index (κ1) is 49.3. The molecule has 68 heavy (non-hydrogen) atoms. The Hall–Kier alpha value is -6.66. The van der Waals surface area contributed by atoms with E-state index in [0.717, 1.165) is 16.8 Å². The molecule has 0 fully saturated rings. The first-order valence-electron chi connectivity index (χ1n) is 21.5. The van der Waals surface area contributed by atoms with E-state index in [1.807, 2.05) is 6.07 Å². The van der Waals surface area contributed by atoms with Crippen LogP contribution >= 0.6 is 22.7 Å². The number of ether oxygens (including phenoxy) is 3. The number of rotatable bonds is 15. The third-order valence-electron chi connectivity index (χ3n) is 10.9. The lowest BCUT2D eigenvalue weighted by Crippen LogP contribution is -2.29. The summed E-state index contributed by atoms with van der Waals surface area (Å²) < 4.78 is 98.0. The quantitative estimate of drug-likeness (QED) is 0.0797. The van der Waals surface area contributed by atoms with E-state index in [2.05, 4.69) is 0 Å². The number of anilines is 2. The number of fused-ring (bicyclic) bond motifs is 2. The van der Waals surface area contributed by atoms with Crippen molar-refractivity contribution in [1.82, 2.24) is 0 Å². The second-order valence-electron chi connectivity index (χ2n) is 15.6. The van der Waals surface area contributed by atoms with Crippen LogP contribution < -0.4 is 19.3 Å². The maximum absolute atomic E-state index is 13.6. The first-order chi connectivity index (χ1) is 32.5. The SMILES string of the molecule is CCOC(=O)CCC(=O)N1CCc2cc(OCc3cc(-c4ccccc4)c(C(F)(F)F)s3)ccc21.O=C(O)CCC(=O)N1CCc2cc(OCc3cc(-c4ccccc4)c(C(F)(F)F)s3)ccc21. The number of hydrogen-bond donors (Lipinski definition) is 1. The molecule has 4 aromatic carbocycles. The molecule has 0 radical (unpaired) electrons. The fraction of sp³-hybridized carbons (Fsp3) is 0.280. The molecular weight excluding hydrogens is 935 g/mol. The summed E-state index contributed by atoms with van der Waals surface area (Å²) in [7, 11) is 0. The van der Waals surface area contributed by atoms with Gasteiger partial charge in [-0.1, -0.05) is 60.7 Å². The summed E-state index contributed by atoms with van der Waals surface area (Å²) in [4.78, 5) is 49.9. The predicted octanol–water partition coefficient (Wildman–Crippen LogP) is 12.0. The molecular formula is C50H44F6N2O8S2. The van der Waals surface area contributed by atoms with Crippen LogP contribution in [0.4, 0.5) is 37.7 Å². The number of aliphatic carboxylic acids is 1. The Morgan fingerprint density at radius 1 is 0.588 bits per heavy atom. The maximum atomic E-state index is 13.6. The van der Waals surface area contributed by atoms with Crippen LogP contribution in [0, 0.1) is 0 Å². The number of halogens is 6. The molecule has 2 amide bonds. The van der Waals surface area contributed by atoms with Gasteiger partial charge in [-0.2, -0.15) is 26.3 Å². The molecule has 2 aromatic heterocycles. The Morgan fingerprint density at radius 3 is 1.41 bits per heavy atom. The molecule has 8 rings (SSSR count). The molecule has 356 valence electrons. The second kappa shape index (κ2) is 21.5. The van der Waals surface area contributed by atoms with E-state index in [1.54, 1.807) is 108 Å². The summed E-state index contributed by atoms with van der Waals surface area (Å²) in [5.74, 6) is -0.816. The van der Waals surface area contributed by atoms with E-state index in [0.29, 0.717) is 86.7 Å². The number of amides is 2. The Morgan fingerprint density at radius 2 is 1.01 bits per heavy atom. The van der Waals surface area contributed by atoms with Crippen molar-refractivity contribution in [3.05, 3.63) is 140 Å². The molecule has 1 N–H and O–H groups in total.